The highest BCUT2D eigenvalue weighted by atomic mass is 16.3. The maximum Gasteiger partial charge on any atom is 0.181 e. The van der Waals surface area contributed by atoms with Crippen LogP contribution in [-0.2, 0) is 4.79 Å². The molecular weight excluding hydrogens is 284 g/mol. The highest BCUT2D eigenvalue weighted by molar-refractivity contribution is 6.05. The first kappa shape index (κ1) is 15.4. The lowest BCUT2D eigenvalue weighted by Crippen LogP contribution is -2.52. The maximum absolute atomic E-state index is 12.1. The Labute approximate surface area is 139 Å². The predicted octanol–water partition coefficient (Wildman–Crippen LogP) is 4.21. The molecule has 4 aliphatic carbocycles. The van der Waals surface area contributed by atoms with E-state index in [0.29, 0.717) is 17.8 Å². The summed E-state index contributed by atoms with van der Waals surface area (Å²) >= 11 is 0. The number of aliphatic hydroxyl groups is 1. The van der Waals surface area contributed by atoms with Gasteiger partial charge in [0.25, 0.3) is 0 Å². The first-order valence-electron chi connectivity index (χ1n) is 9.06. The minimum absolute atomic E-state index is 0.0206. The van der Waals surface area contributed by atoms with E-state index in [1.54, 1.807) is 0 Å². The Balaban J connectivity index is 1.79. The van der Waals surface area contributed by atoms with E-state index in [1.807, 2.05) is 19.9 Å². The van der Waals surface area contributed by atoms with Gasteiger partial charge in [-0.1, -0.05) is 32.1 Å². The molecule has 2 nitrogen and oxygen atoms in total. The minimum atomic E-state index is -0.540. The Morgan fingerprint density at radius 1 is 1.13 bits per heavy atom. The molecule has 124 valence electrons. The van der Waals surface area contributed by atoms with E-state index >= 15 is 0 Å². The second-order valence-corrected chi connectivity index (χ2v) is 8.99. The van der Waals surface area contributed by atoms with Gasteiger partial charge in [-0.15, -0.1) is 0 Å². The van der Waals surface area contributed by atoms with Crippen LogP contribution < -0.4 is 0 Å². The molecule has 0 radical (unpaired) electrons. The summed E-state index contributed by atoms with van der Waals surface area (Å²) in [5.74, 6) is 1.78. The van der Waals surface area contributed by atoms with Crippen LogP contribution in [0.25, 0.3) is 0 Å². The van der Waals surface area contributed by atoms with Gasteiger partial charge in [-0.2, -0.15) is 0 Å². The zero-order valence-corrected chi connectivity index (χ0v) is 14.7. The van der Waals surface area contributed by atoms with Gasteiger partial charge in [0, 0.05) is 5.41 Å². The van der Waals surface area contributed by atoms with Crippen molar-refractivity contribution in [2.75, 3.05) is 0 Å². The molecule has 4 aliphatic rings. The van der Waals surface area contributed by atoms with Crippen LogP contribution in [0.4, 0.5) is 0 Å². The van der Waals surface area contributed by atoms with Gasteiger partial charge >= 0.3 is 0 Å². The van der Waals surface area contributed by atoms with Crippen LogP contribution in [-0.4, -0.2) is 16.5 Å². The van der Waals surface area contributed by atoms with Gasteiger partial charge in [0.2, 0.25) is 0 Å². The molecule has 23 heavy (non-hydrogen) atoms. The third kappa shape index (κ3) is 1.82. The van der Waals surface area contributed by atoms with E-state index in [9.17, 15) is 9.90 Å². The Morgan fingerprint density at radius 2 is 1.83 bits per heavy atom. The third-order valence-electron chi connectivity index (χ3n) is 7.98. The Morgan fingerprint density at radius 3 is 2.57 bits per heavy atom. The lowest BCUT2D eigenvalue weighted by atomic mass is 9.49. The number of carbonyl (C=O) groups is 1. The molecule has 0 spiro atoms. The summed E-state index contributed by atoms with van der Waals surface area (Å²) in [5.41, 5.74) is 1.54. The predicted molar refractivity (Wildman–Crippen MR) is 91.8 cm³/mol. The highest BCUT2D eigenvalue weighted by Gasteiger charge is 2.61. The van der Waals surface area contributed by atoms with Crippen molar-refractivity contribution in [3.8, 4) is 0 Å². The van der Waals surface area contributed by atoms with Crippen molar-refractivity contribution in [2.24, 2.45) is 28.6 Å². The smallest absolute Gasteiger partial charge is 0.181 e. The molecule has 0 aromatic rings. The number of rotatable bonds is 0. The van der Waals surface area contributed by atoms with E-state index in [2.05, 4.69) is 32.1 Å². The zero-order valence-electron chi connectivity index (χ0n) is 14.7. The van der Waals surface area contributed by atoms with Gasteiger partial charge in [0.1, 0.15) is 0 Å². The van der Waals surface area contributed by atoms with E-state index in [0.717, 1.165) is 31.3 Å². The fraction of sp³-hybridized carbons (Fsp3) is 0.667. The molecule has 0 aromatic heterocycles. The number of fused-ring (bicyclic) bond motifs is 5. The van der Waals surface area contributed by atoms with Crippen molar-refractivity contribution >= 4 is 5.78 Å². The quantitative estimate of drug-likeness (QED) is 0.727. The lowest BCUT2D eigenvalue weighted by molar-refractivity contribution is -0.112. The largest absolute Gasteiger partial charge is 0.390 e. The first-order chi connectivity index (χ1) is 10.7. The summed E-state index contributed by atoms with van der Waals surface area (Å²) < 4.78 is 0. The molecule has 0 aromatic carbocycles. The van der Waals surface area contributed by atoms with Crippen LogP contribution in [0.15, 0.2) is 35.5 Å². The molecular formula is C21H28O2. The minimum Gasteiger partial charge on any atom is -0.390 e. The van der Waals surface area contributed by atoms with Crippen molar-refractivity contribution in [3.63, 3.8) is 0 Å². The monoisotopic (exact) mass is 312 g/mol. The summed E-state index contributed by atoms with van der Waals surface area (Å²) in [6.07, 6.45) is 12.9. The van der Waals surface area contributed by atoms with Gasteiger partial charge in [0.15, 0.2) is 5.78 Å². The van der Waals surface area contributed by atoms with Crippen LogP contribution in [0.1, 0.15) is 53.4 Å². The molecule has 2 fully saturated rings. The first-order valence-corrected chi connectivity index (χ1v) is 9.06. The Bertz CT molecular complexity index is 665. The lowest BCUT2D eigenvalue weighted by Gasteiger charge is -2.56. The summed E-state index contributed by atoms with van der Waals surface area (Å²) in [4.78, 5) is 12.1. The third-order valence-corrected chi connectivity index (χ3v) is 7.98. The number of carbonyl (C=O) groups excluding carboxylic acids is 1. The molecule has 0 saturated heterocycles. The van der Waals surface area contributed by atoms with Crippen molar-refractivity contribution in [1.82, 2.24) is 0 Å². The normalized spacial score (nSPS) is 51.5. The van der Waals surface area contributed by atoms with Gasteiger partial charge in [0.05, 0.1) is 5.60 Å². The number of hydrogen-bond acceptors (Lipinski definition) is 2. The second-order valence-electron chi connectivity index (χ2n) is 8.99. The van der Waals surface area contributed by atoms with E-state index < -0.39 is 5.60 Å². The van der Waals surface area contributed by atoms with E-state index in [-0.39, 0.29) is 16.6 Å². The topological polar surface area (TPSA) is 37.3 Å². The fourth-order valence-corrected chi connectivity index (χ4v) is 6.19. The van der Waals surface area contributed by atoms with Crippen molar-refractivity contribution in [1.29, 1.82) is 0 Å². The number of hydrogen-bond donors (Lipinski definition) is 1. The summed E-state index contributed by atoms with van der Waals surface area (Å²) in [6, 6.07) is 0. The molecule has 0 bridgehead atoms. The number of ketones is 1. The molecule has 0 unspecified atom stereocenters. The van der Waals surface area contributed by atoms with Gasteiger partial charge in [-0.25, -0.2) is 0 Å². The molecule has 0 aliphatic heterocycles. The van der Waals surface area contributed by atoms with Crippen molar-refractivity contribution in [2.45, 2.75) is 59.0 Å². The standard InChI is InChI=1S/C21H28O2/c1-13-12-19(2)14(11-18(13)22)5-6-15-16(19)7-9-20(3)17(15)8-10-21(20,4)23/h5-6,11-12,15-17,23H,7-10H2,1-4H3/t15-,16+,17+,19+,20+,21+/m1/s1. The molecule has 2 heteroatoms. The molecule has 4 rings (SSSR count). The summed E-state index contributed by atoms with van der Waals surface area (Å²) in [5, 5.41) is 10.9. The Kier molecular flexibility index (Phi) is 2.99. The van der Waals surface area contributed by atoms with Crippen molar-refractivity contribution < 1.29 is 9.90 Å². The van der Waals surface area contributed by atoms with Crippen LogP contribution >= 0.6 is 0 Å². The van der Waals surface area contributed by atoms with Gasteiger partial charge in [-0.05, 0) is 79.9 Å². The summed E-state index contributed by atoms with van der Waals surface area (Å²) in [6.45, 7) is 8.59. The highest BCUT2D eigenvalue weighted by Crippen LogP contribution is 2.65. The van der Waals surface area contributed by atoms with Crippen LogP contribution in [0, 0.1) is 28.6 Å². The molecule has 2 saturated carbocycles. The zero-order chi connectivity index (χ0) is 16.6. The van der Waals surface area contributed by atoms with Gasteiger partial charge < -0.3 is 5.11 Å². The summed E-state index contributed by atoms with van der Waals surface area (Å²) in [7, 11) is 0. The van der Waals surface area contributed by atoms with Crippen LogP contribution in [0.2, 0.25) is 0 Å². The van der Waals surface area contributed by atoms with Crippen LogP contribution in [0.5, 0.6) is 0 Å². The average molecular weight is 312 g/mol. The number of allylic oxidation sites excluding steroid dienone is 6. The SMILES string of the molecule is CC1=C[C@@]2(C)C(=CC1=O)C=C[C@@H]1[C@@H]2CC[C@@]2(C)[C@H]1CC[C@]2(C)O. The fourth-order valence-electron chi connectivity index (χ4n) is 6.19. The van der Waals surface area contributed by atoms with Crippen molar-refractivity contribution in [3.05, 3.63) is 35.5 Å². The van der Waals surface area contributed by atoms with E-state index in [1.165, 1.54) is 5.57 Å². The molecule has 0 amide bonds. The second kappa shape index (κ2) is 4.47. The van der Waals surface area contributed by atoms with Gasteiger partial charge in [-0.3, -0.25) is 4.79 Å². The van der Waals surface area contributed by atoms with Crippen LogP contribution in [0.3, 0.4) is 0 Å². The molecule has 6 atom stereocenters. The molecule has 1 N–H and O–H groups in total. The Hall–Kier alpha value is -1.15. The maximum atomic E-state index is 12.1. The molecule has 0 heterocycles. The van der Waals surface area contributed by atoms with E-state index in [4.69, 9.17) is 0 Å². The average Bonchev–Trinajstić information content (AvgIpc) is 2.71.